The fourth-order valence-corrected chi connectivity index (χ4v) is 2.83. The van der Waals surface area contributed by atoms with Gasteiger partial charge in [-0.25, -0.2) is 17.5 Å². The number of nitrogens with one attached hydrogen (secondary N) is 1. The summed E-state index contributed by atoms with van der Waals surface area (Å²) in [6, 6.07) is 4.92. The third-order valence-corrected chi connectivity index (χ3v) is 3.97. The smallest absolute Gasteiger partial charge is 0.211 e. The van der Waals surface area contributed by atoms with Crippen LogP contribution in [-0.4, -0.2) is 20.8 Å². The van der Waals surface area contributed by atoms with Crippen LogP contribution in [0.4, 0.5) is 4.39 Å². The van der Waals surface area contributed by atoms with Gasteiger partial charge in [0.1, 0.15) is 5.82 Å². The minimum atomic E-state index is -3.63. The molecule has 1 atom stereocenters. The zero-order valence-corrected chi connectivity index (χ0v) is 11.1. The lowest BCUT2D eigenvalue weighted by atomic mass is 10.1. The highest BCUT2D eigenvalue weighted by molar-refractivity contribution is 7.89. The van der Waals surface area contributed by atoms with E-state index in [2.05, 4.69) is 4.72 Å². The largest absolute Gasteiger partial charge is 0.240 e. The second kappa shape index (κ2) is 6.33. The Kier molecular flexibility index (Phi) is 5.36. The Labute approximate surface area is 106 Å². The van der Waals surface area contributed by atoms with Gasteiger partial charge in [-0.3, -0.25) is 0 Å². The van der Waals surface area contributed by atoms with Crippen molar-refractivity contribution in [1.82, 2.24) is 4.72 Å². The zero-order valence-electron chi connectivity index (χ0n) is 9.49. The highest BCUT2D eigenvalue weighted by Crippen LogP contribution is 2.11. The van der Waals surface area contributed by atoms with Crippen molar-refractivity contribution in [2.24, 2.45) is 5.92 Å². The first kappa shape index (κ1) is 14.4. The lowest BCUT2D eigenvalue weighted by Crippen LogP contribution is -2.28. The summed E-state index contributed by atoms with van der Waals surface area (Å²) >= 11 is 5.56. The molecule has 6 heteroatoms. The zero-order chi connectivity index (χ0) is 12.9. The van der Waals surface area contributed by atoms with Gasteiger partial charge in [0.25, 0.3) is 0 Å². The molecule has 3 nitrogen and oxygen atoms in total. The molecule has 0 aromatic heterocycles. The van der Waals surface area contributed by atoms with Crippen molar-refractivity contribution in [3.05, 3.63) is 30.1 Å². The van der Waals surface area contributed by atoms with Crippen LogP contribution in [0.15, 0.2) is 29.2 Å². The van der Waals surface area contributed by atoms with Crippen molar-refractivity contribution >= 4 is 21.6 Å². The molecule has 1 unspecified atom stereocenters. The van der Waals surface area contributed by atoms with Crippen LogP contribution < -0.4 is 4.72 Å². The number of benzene rings is 1. The van der Waals surface area contributed by atoms with Crippen LogP contribution in [0.1, 0.15) is 13.3 Å². The van der Waals surface area contributed by atoms with Gasteiger partial charge in [0.05, 0.1) is 4.90 Å². The second-order valence-electron chi connectivity index (χ2n) is 3.89. The lowest BCUT2D eigenvalue weighted by molar-refractivity contribution is 0.529. The van der Waals surface area contributed by atoms with Crippen LogP contribution in [-0.2, 0) is 10.0 Å². The van der Waals surface area contributed by atoms with E-state index >= 15 is 0 Å². The number of halogens is 2. The third kappa shape index (κ3) is 4.61. The molecule has 0 aliphatic heterocycles. The van der Waals surface area contributed by atoms with E-state index in [1.165, 1.54) is 18.2 Å². The molecule has 0 radical (unpaired) electrons. The van der Waals surface area contributed by atoms with Crippen LogP contribution in [0.5, 0.6) is 0 Å². The van der Waals surface area contributed by atoms with Crippen LogP contribution in [0, 0.1) is 11.7 Å². The molecule has 0 fully saturated rings. The normalized spacial score (nSPS) is 13.6. The first-order valence-corrected chi connectivity index (χ1v) is 7.28. The molecule has 0 aliphatic rings. The van der Waals surface area contributed by atoms with E-state index in [1.807, 2.05) is 6.92 Å². The molecule has 1 aromatic carbocycles. The molecule has 1 aromatic rings. The predicted molar refractivity (Wildman–Crippen MR) is 66.1 cm³/mol. The Balaban J connectivity index is 2.69. The number of alkyl halides is 1. The first-order chi connectivity index (χ1) is 7.95. The summed E-state index contributed by atoms with van der Waals surface area (Å²) in [5, 5.41) is 0. The molecule has 0 saturated carbocycles. The molecule has 0 spiro atoms. The van der Waals surface area contributed by atoms with Gasteiger partial charge in [0, 0.05) is 12.4 Å². The van der Waals surface area contributed by atoms with Gasteiger partial charge in [-0.05, 0) is 30.5 Å². The van der Waals surface area contributed by atoms with Crippen LogP contribution in [0.2, 0.25) is 0 Å². The summed E-state index contributed by atoms with van der Waals surface area (Å²) in [5.41, 5.74) is 0. The van der Waals surface area contributed by atoms with Gasteiger partial charge in [-0.1, -0.05) is 13.0 Å². The number of rotatable bonds is 6. The molecule has 1 rings (SSSR count). The quantitative estimate of drug-likeness (QED) is 0.813. The Hall–Kier alpha value is -0.650. The summed E-state index contributed by atoms with van der Waals surface area (Å²) < 4.78 is 38.9. The molecule has 0 heterocycles. The van der Waals surface area contributed by atoms with Crippen molar-refractivity contribution in [2.45, 2.75) is 18.2 Å². The Morgan fingerprint density at radius 3 is 2.76 bits per heavy atom. The van der Waals surface area contributed by atoms with Gasteiger partial charge in [0.2, 0.25) is 10.0 Å². The molecule has 96 valence electrons. The fourth-order valence-electron chi connectivity index (χ4n) is 1.26. The second-order valence-corrected chi connectivity index (χ2v) is 6.04. The van der Waals surface area contributed by atoms with E-state index in [0.717, 1.165) is 12.5 Å². The number of hydrogen-bond donors (Lipinski definition) is 1. The Morgan fingerprint density at radius 2 is 2.18 bits per heavy atom. The van der Waals surface area contributed by atoms with E-state index < -0.39 is 15.8 Å². The summed E-state index contributed by atoms with van der Waals surface area (Å²) in [7, 11) is -3.63. The molecular formula is C11H15ClFNO2S. The van der Waals surface area contributed by atoms with Crippen molar-refractivity contribution in [3.8, 4) is 0 Å². The minimum absolute atomic E-state index is 0.0597. The van der Waals surface area contributed by atoms with E-state index in [9.17, 15) is 12.8 Å². The molecule has 0 bridgehead atoms. The van der Waals surface area contributed by atoms with Gasteiger partial charge in [-0.2, -0.15) is 0 Å². The average Bonchev–Trinajstić information content (AvgIpc) is 2.27. The molecule has 0 amide bonds. The third-order valence-electron chi connectivity index (χ3n) is 2.33. The first-order valence-electron chi connectivity index (χ1n) is 5.27. The molecule has 0 saturated heterocycles. The van der Waals surface area contributed by atoms with Crippen molar-refractivity contribution < 1.29 is 12.8 Å². The highest BCUT2D eigenvalue weighted by atomic mass is 35.5. The monoisotopic (exact) mass is 279 g/mol. The van der Waals surface area contributed by atoms with Crippen LogP contribution in [0.25, 0.3) is 0 Å². The van der Waals surface area contributed by atoms with Gasteiger partial charge < -0.3 is 0 Å². The molecule has 1 N–H and O–H groups in total. The topological polar surface area (TPSA) is 46.2 Å². The van der Waals surface area contributed by atoms with E-state index in [4.69, 9.17) is 11.6 Å². The number of hydrogen-bond acceptors (Lipinski definition) is 2. The maximum atomic E-state index is 12.9. The lowest BCUT2D eigenvalue weighted by Gasteiger charge is -2.11. The maximum absolute atomic E-state index is 12.9. The Morgan fingerprint density at radius 1 is 1.47 bits per heavy atom. The Bertz CT molecular complexity index is 464. The SMILES string of the molecule is CC(CCCl)CNS(=O)(=O)c1cccc(F)c1. The molecule has 17 heavy (non-hydrogen) atoms. The van der Waals surface area contributed by atoms with Gasteiger partial charge in [0.15, 0.2) is 0 Å². The van der Waals surface area contributed by atoms with Gasteiger partial charge in [-0.15, -0.1) is 11.6 Å². The predicted octanol–water partition coefficient (Wildman–Crippen LogP) is 2.37. The minimum Gasteiger partial charge on any atom is -0.211 e. The van der Waals surface area contributed by atoms with E-state index in [-0.39, 0.29) is 10.8 Å². The standard InChI is InChI=1S/C11H15ClFNO2S/c1-9(5-6-12)8-14-17(15,16)11-4-2-3-10(13)7-11/h2-4,7,9,14H,5-6,8H2,1H3. The fraction of sp³-hybridized carbons (Fsp3) is 0.455. The highest BCUT2D eigenvalue weighted by Gasteiger charge is 2.15. The molecule has 0 aliphatic carbocycles. The summed E-state index contributed by atoms with van der Waals surface area (Å²) in [6.07, 6.45) is 0.729. The average molecular weight is 280 g/mol. The van der Waals surface area contributed by atoms with E-state index in [0.29, 0.717) is 12.4 Å². The van der Waals surface area contributed by atoms with E-state index in [1.54, 1.807) is 0 Å². The van der Waals surface area contributed by atoms with Crippen LogP contribution in [0.3, 0.4) is 0 Å². The maximum Gasteiger partial charge on any atom is 0.240 e. The summed E-state index contributed by atoms with van der Waals surface area (Å²) in [5.74, 6) is 0.0700. The van der Waals surface area contributed by atoms with Crippen LogP contribution >= 0.6 is 11.6 Å². The molecular weight excluding hydrogens is 265 g/mol. The van der Waals surface area contributed by atoms with Crippen molar-refractivity contribution in [1.29, 1.82) is 0 Å². The van der Waals surface area contributed by atoms with Crippen molar-refractivity contribution in [2.75, 3.05) is 12.4 Å². The van der Waals surface area contributed by atoms with Crippen molar-refractivity contribution in [3.63, 3.8) is 0 Å². The van der Waals surface area contributed by atoms with Gasteiger partial charge >= 0.3 is 0 Å². The number of sulfonamides is 1. The summed E-state index contributed by atoms with van der Waals surface area (Å²) in [4.78, 5) is -0.0597. The summed E-state index contributed by atoms with van der Waals surface area (Å²) in [6.45, 7) is 2.20.